The molecule has 1 aromatic carbocycles. The van der Waals surface area contributed by atoms with Gasteiger partial charge in [0.25, 0.3) is 0 Å². The van der Waals surface area contributed by atoms with Crippen molar-refractivity contribution in [3.8, 4) is 6.07 Å². The summed E-state index contributed by atoms with van der Waals surface area (Å²) >= 11 is 0. The Kier molecular flexibility index (Phi) is 5.12. The highest BCUT2D eigenvalue weighted by atomic mass is 19.1. The van der Waals surface area contributed by atoms with E-state index in [4.69, 9.17) is 5.26 Å². The van der Waals surface area contributed by atoms with Crippen molar-refractivity contribution in [2.75, 3.05) is 11.9 Å². The first-order valence-corrected chi connectivity index (χ1v) is 5.74. The van der Waals surface area contributed by atoms with Gasteiger partial charge in [-0.05, 0) is 38.1 Å². The third-order valence-electron chi connectivity index (χ3n) is 2.44. The Labute approximate surface area is 106 Å². The van der Waals surface area contributed by atoms with Crippen LogP contribution in [-0.4, -0.2) is 23.5 Å². The predicted octanol–water partition coefficient (Wildman–Crippen LogP) is 2.98. The quantitative estimate of drug-likeness (QED) is 0.891. The lowest BCUT2D eigenvalue weighted by molar-refractivity contribution is 0.198. The Morgan fingerprint density at radius 3 is 2.56 bits per heavy atom. The van der Waals surface area contributed by atoms with Crippen LogP contribution in [0.3, 0.4) is 0 Å². The molecule has 0 radical (unpaired) electrons. The minimum Gasteiger partial charge on any atom is -0.321 e. The fourth-order valence-electron chi connectivity index (χ4n) is 1.49. The molecule has 0 spiro atoms. The summed E-state index contributed by atoms with van der Waals surface area (Å²) in [6, 6.07) is 7.28. The molecule has 0 atom stereocenters. The van der Waals surface area contributed by atoms with Crippen molar-refractivity contribution in [2.45, 2.75) is 26.3 Å². The Morgan fingerprint density at radius 1 is 1.44 bits per heavy atom. The smallest absolute Gasteiger partial charge is 0.321 e. The molecule has 0 saturated heterocycles. The van der Waals surface area contributed by atoms with Crippen LogP contribution in [0, 0.1) is 17.1 Å². The normalized spacial score (nSPS) is 9.94. The first-order chi connectivity index (χ1) is 8.54. The lowest BCUT2D eigenvalue weighted by atomic mass is 10.3. The lowest BCUT2D eigenvalue weighted by Crippen LogP contribution is -2.40. The van der Waals surface area contributed by atoms with Gasteiger partial charge >= 0.3 is 6.03 Å². The van der Waals surface area contributed by atoms with Crippen LogP contribution in [0.5, 0.6) is 0 Å². The molecule has 0 aliphatic carbocycles. The van der Waals surface area contributed by atoms with Gasteiger partial charge in [0, 0.05) is 18.3 Å². The average molecular weight is 249 g/mol. The van der Waals surface area contributed by atoms with Crippen molar-refractivity contribution >= 4 is 11.7 Å². The van der Waals surface area contributed by atoms with Crippen molar-refractivity contribution in [2.24, 2.45) is 0 Å². The number of anilines is 1. The number of hydrogen-bond acceptors (Lipinski definition) is 2. The fraction of sp³-hybridized carbons (Fsp3) is 0.385. The lowest BCUT2D eigenvalue weighted by Gasteiger charge is -2.26. The molecule has 1 rings (SSSR count). The van der Waals surface area contributed by atoms with Crippen LogP contribution < -0.4 is 5.32 Å². The second-order valence-electron chi connectivity index (χ2n) is 4.13. The average Bonchev–Trinajstić information content (AvgIpc) is 2.32. The van der Waals surface area contributed by atoms with Gasteiger partial charge < -0.3 is 10.2 Å². The molecule has 0 aliphatic rings. The summed E-state index contributed by atoms with van der Waals surface area (Å²) < 4.78 is 12.7. The van der Waals surface area contributed by atoms with Gasteiger partial charge in [-0.2, -0.15) is 5.26 Å². The molecule has 1 N–H and O–H groups in total. The maximum absolute atomic E-state index is 12.7. The maximum atomic E-state index is 12.7. The van der Waals surface area contributed by atoms with Crippen LogP contribution in [0.2, 0.25) is 0 Å². The van der Waals surface area contributed by atoms with Gasteiger partial charge in [-0.15, -0.1) is 0 Å². The molecule has 0 heterocycles. The topological polar surface area (TPSA) is 56.1 Å². The number of carbonyl (C=O) groups is 1. The standard InChI is InChI=1S/C13H16FN3O/c1-10(2)17(9-3-8-15)13(18)16-12-6-4-11(14)5-7-12/h4-7,10H,3,9H2,1-2H3,(H,16,18). The third kappa shape index (κ3) is 4.06. The number of nitrogens with one attached hydrogen (secondary N) is 1. The zero-order valence-corrected chi connectivity index (χ0v) is 10.5. The zero-order chi connectivity index (χ0) is 13.5. The second-order valence-corrected chi connectivity index (χ2v) is 4.13. The number of rotatable bonds is 4. The summed E-state index contributed by atoms with van der Waals surface area (Å²) in [4.78, 5) is 13.5. The number of hydrogen-bond donors (Lipinski definition) is 1. The Balaban J connectivity index is 2.67. The minimum absolute atomic E-state index is 0.00111. The highest BCUT2D eigenvalue weighted by Gasteiger charge is 2.16. The van der Waals surface area contributed by atoms with Crippen LogP contribution in [-0.2, 0) is 0 Å². The largest absolute Gasteiger partial charge is 0.322 e. The van der Waals surface area contributed by atoms with Crippen molar-refractivity contribution < 1.29 is 9.18 Å². The molecule has 5 heteroatoms. The van der Waals surface area contributed by atoms with E-state index < -0.39 is 0 Å². The molecule has 96 valence electrons. The predicted molar refractivity (Wildman–Crippen MR) is 67.5 cm³/mol. The molecule has 0 aliphatic heterocycles. The van der Waals surface area contributed by atoms with Crippen molar-refractivity contribution in [3.63, 3.8) is 0 Å². The molecular formula is C13H16FN3O. The van der Waals surface area contributed by atoms with Gasteiger partial charge in [-0.25, -0.2) is 9.18 Å². The number of amides is 2. The SMILES string of the molecule is CC(C)N(CCC#N)C(=O)Nc1ccc(F)cc1. The molecule has 0 aromatic heterocycles. The fourth-order valence-corrected chi connectivity index (χ4v) is 1.49. The Bertz CT molecular complexity index is 437. The highest BCUT2D eigenvalue weighted by Crippen LogP contribution is 2.10. The van der Waals surface area contributed by atoms with Gasteiger partial charge in [-0.3, -0.25) is 0 Å². The first-order valence-electron chi connectivity index (χ1n) is 5.74. The first kappa shape index (κ1) is 14.0. The summed E-state index contributed by atoms with van der Waals surface area (Å²) in [5.41, 5.74) is 0.531. The Morgan fingerprint density at radius 2 is 2.06 bits per heavy atom. The zero-order valence-electron chi connectivity index (χ0n) is 10.5. The summed E-state index contributed by atoms with van der Waals surface area (Å²) in [6.07, 6.45) is 0.287. The summed E-state index contributed by atoms with van der Waals surface area (Å²) in [5.74, 6) is -0.349. The monoisotopic (exact) mass is 249 g/mol. The van der Waals surface area contributed by atoms with Crippen molar-refractivity contribution in [3.05, 3.63) is 30.1 Å². The molecule has 0 unspecified atom stereocenters. The maximum Gasteiger partial charge on any atom is 0.322 e. The van der Waals surface area contributed by atoms with Crippen LogP contribution in [0.15, 0.2) is 24.3 Å². The van der Waals surface area contributed by atoms with E-state index in [1.165, 1.54) is 24.3 Å². The number of carbonyl (C=O) groups excluding carboxylic acids is 1. The molecule has 4 nitrogen and oxygen atoms in total. The molecule has 0 saturated carbocycles. The van der Waals surface area contributed by atoms with E-state index in [-0.39, 0.29) is 24.3 Å². The van der Waals surface area contributed by atoms with E-state index >= 15 is 0 Å². The molecule has 18 heavy (non-hydrogen) atoms. The molecule has 0 fully saturated rings. The van der Waals surface area contributed by atoms with Crippen LogP contribution >= 0.6 is 0 Å². The van der Waals surface area contributed by atoms with Crippen LogP contribution in [0.1, 0.15) is 20.3 Å². The van der Waals surface area contributed by atoms with Gasteiger partial charge in [-0.1, -0.05) is 0 Å². The van der Waals surface area contributed by atoms with E-state index in [0.717, 1.165) is 0 Å². The van der Waals surface area contributed by atoms with E-state index in [0.29, 0.717) is 12.2 Å². The number of urea groups is 1. The van der Waals surface area contributed by atoms with Crippen LogP contribution in [0.4, 0.5) is 14.9 Å². The van der Waals surface area contributed by atoms with E-state index in [2.05, 4.69) is 5.32 Å². The molecule has 1 aromatic rings. The second kappa shape index (κ2) is 6.60. The highest BCUT2D eigenvalue weighted by molar-refractivity contribution is 5.89. The molecule has 2 amide bonds. The Hall–Kier alpha value is -2.09. The van der Waals surface area contributed by atoms with Gasteiger partial charge in [0.2, 0.25) is 0 Å². The number of halogens is 1. The van der Waals surface area contributed by atoms with E-state index in [9.17, 15) is 9.18 Å². The van der Waals surface area contributed by atoms with Gasteiger partial charge in [0.15, 0.2) is 0 Å². The van der Waals surface area contributed by atoms with Crippen LogP contribution in [0.25, 0.3) is 0 Å². The summed E-state index contributed by atoms with van der Waals surface area (Å²) in [7, 11) is 0. The minimum atomic E-state index is -0.349. The summed E-state index contributed by atoms with van der Waals surface area (Å²) in [5, 5.41) is 11.2. The van der Waals surface area contributed by atoms with Crippen molar-refractivity contribution in [1.82, 2.24) is 4.90 Å². The summed E-state index contributed by atoms with van der Waals surface area (Å²) in [6.45, 7) is 4.13. The van der Waals surface area contributed by atoms with E-state index in [1.807, 2.05) is 19.9 Å². The number of nitriles is 1. The molecular weight excluding hydrogens is 233 g/mol. The van der Waals surface area contributed by atoms with E-state index in [1.54, 1.807) is 4.90 Å². The van der Waals surface area contributed by atoms with Gasteiger partial charge in [0.1, 0.15) is 5.82 Å². The third-order valence-corrected chi connectivity index (χ3v) is 2.44. The van der Waals surface area contributed by atoms with Crippen molar-refractivity contribution in [1.29, 1.82) is 5.26 Å². The molecule has 0 bridgehead atoms. The van der Waals surface area contributed by atoms with Gasteiger partial charge in [0.05, 0.1) is 12.5 Å². The number of benzene rings is 1. The number of nitrogens with zero attached hydrogens (tertiary/aromatic N) is 2.